The minimum absolute atomic E-state index is 0.317. The van der Waals surface area contributed by atoms with Gasteiger partial charge in [-0.05, 0) is 44.2 Å². The molecular formula is C19H31N3O3. The van der Waals surface area contributed by atoms with Crippen LogP contribution in [0.5, 0.6) is 11.5 Å². The van der Waals surface area contributed by atoms with Crippen LogP contribution in [0.1, 0.15) is 37.7 Å². The molecule has 6 heteroatoms. The maximum atomic E-state index is 6.23. The molecule has 0 radical (unpaired) electrons. The monoisotopic (exact) mass is 349 g/mol. The minimum atomic E-state index is 0.317. The zero-order valence-corrected chi connectivity index (χ0v) is 15.6. The van der Waals surface area contributed by atoms with Crippen LogP contribution >= 0.6 is 0 Å². The van der Waals surface area contributed by atoms with Gasteiger partial charge in [0.25, 0.3) is 0 Å². The molecule has 140 valence electrons. The smallest absolute Gasteiger partial charge is 0.191 e. The fraction of sp³-hybridized carbons (Fsp3) is 0.632. The van der Waals surface area contributed by atoms with Crippen LogP contribution in [-0.2, 0) is 11.3 Å². The Kier molecular flexibility index (Phi) is 8.39. The molecule has 1 aliphatic carbocycles. The Morgan fingerprint density at radius 1 is 1.20 bits per heavy atom. The van der Waals surface area contributed by atoms with Crippen molar-refractivity contribution < 1.29 is 14.2 Å². The second-order valence-corrected chi connectivity index (χ2v) is 6.20. The van der Waals surface area contributed by atoms with Crippen LogP contribution < -0.4 is 20.1 Å². The average molecular weight is 349 g/mol. The Morgan fingerprint density at radius 3 is 2.68 bits per heavy atom. The van der Waals surface area contributed by atoms with Crippen LogP contribution in [0.2, 0.25) is 0 Å². The van der Waals surface area contributed by atoms with E-state index in [1.165, 1.54) is 12.8 Å². The number of hydrogen-bond acceptors (Lipinski definition) is 4. The molecule has 2 N–H and O–H groups in total. The molecule has 0 heterocycles. The summed E-state index contributed by atoms with van der Waals surface area (Å²) in [4.78, 5) is 4.26. The molecule has 0 unspecified atom stereocenters. The lowest BCUT2D eigenvalue weighted by Crippen LogP contribution is -2.37. The van der Waals surface area contributed by atoms with Crippen molar-refractivity contribution in [3.8, 4) is 11.5 Å². The zero-order chi connectivity index (χ0) is 17.9. The van der Waals surface area contributed by atoms with E-state index in [1.54, 1.807) is 21.3 Å². The van der Waals surface area contributed by atoms with Crippen LogP contribution in [0, 0.1) is 0 Å². The number of hydrogen-bond donors (Lipinski definition) is 2. The van der Waals surface area contributed by atoms with Crippen molar-refractivity contribution in [3.05, 3.63) is 23.8 Å². The van der Waals surface area contributed by atoms with Crippen LogP contribution in [0.3, 0.4) is 0 Å². The van der Waals surface area contributed by atoms with Crippen LogP contribution in [-0.4, -0.2) is 46.5 Å². The molecule has 1 aliphatic rings. The number of nitrogens with one attached hydrogen (secondary N) is 2. The SMILES string of the molecule is CN=C(NCCCOC)NCc1ccc(OC)cc1OC1CCCC1. The first-order valence-corrected chi connectivity index (χ1v) is 9.04. The van der Waals surface area contributed by atoms with Crippen LogP contribution in [0.25, 0.3) is 0 Å². The van der Waals surface area contributed by atoms with E-state index < -0.39 is 0 Å². The highest BCUT2D eigenvalue weighted by molar-refractivity contribution is 5.79. The summed E-state index contributed by atoms with van der Waals surface area (Å²) in [5.74, 6) is 2.49. The van der Waals surface area contributed by atoms with Crippen molar-refractivity contribution in [2.75, 3.05) is 34.4 Å². The number of rotatable bonds is 9. The van der Waals surface area contributed by atoms with Crippen LogP contribution in [0.4, 0.5) is 0 Å². The Labute approximate surface area is 151 Å². The first-order chi connectivity index (χ1) is 12.3. The first kappa shape index (κ1) is 19.4. The van der Waals surface area contributed by atoms with Gasteiger partial charge in [-0.15, -0.1) is 0 Å². The van der Waals surface area contributed by atoms with Gasteiger partial charge in [0.05, 0.1) is 13.2 Å². The molecule has 0 atom stereocenters. The lowest BCUT2D eigenvalue weighted by Gasteiger charge is -2.18. The molecule has 1 aromatic rings. The number of nitrogens with zero attached hydrogens (tertiary/aromatic N) is 1. The Bertz CT molecular complexity index is 543. The van der Waals surface area contributed by atoms with E-state index in [4.69, 9.17) is 14.2 Å². The molecule has 0 aromatic heterocycles. The van der Waals surface area contributed by atoms with Crippen molar-refractivity contribution in [2.45, 2.75) is 44.8 Å². The Hall–Kier alpha value is -1.95. The van der Waals surface area contributed by atoms with Gasteiger partial charge in [0.1, 0.15) is 11.5 Å². The number of guanidine groups is 1. The molecule has 2 rings (SSSR count). The van der Waals surface area contributed by atoms with Gasteiger partial charge in [-0.3, -0.25) is 4.99 Å². The predicted octanol–water partition coefficient (Wildman–Crippen LogP) is 2.72. The number of ether oxygens (including phenoxy) is 3. The summed E-state index contributed by atoms with van der Waals surface area (Å²) >= 11 is 0. The van der Waals surface area contributed by atoms with Gasteiger partial charge in [0.15, 0.2) is 5.96 Å². The fourth-order valence-corrected chi connectivity index (χ4v) is 2.93. The van der Waals surface area contributed by atoms with Crippen molar-refractivity contribution in [1.29, 1.82) is 0 Å². The summed E-state index contributed by atoms with van der Waals surface area (Å²) in [7, 11) is 5.16. The highest BCUT2D eigenvalue weighted by Crippen LogP contribution is 2.29. The molecule has 1 aromatic carbocycles. The zero-order valence-electron chi connectivity index (χ0n) is 15.6. The number of benzene rings is 1. The van der Waals surface area contributed by atoms with E-state index in [-0.39, 0.29) is 0 Å². The summed E-state index contributed by atoms with van der Waals surface area (Å²) in [6.07, 6.45) is 6.02. The van der Waals surface area contributed by atoms with Gasteiger partial charge in [-0.25, -0.2) is 0 Å². The van der Waals surface area contributed by atoms with Gasteiger partial charge < -0.3 is 24.8 Å². The Morgan fingerprint density at radius 2 is 2.00 bits per heavy atom. The highest BCUT2D eigenvalue weighted by Gasteiger charge is 2.18. The van der Waals surface area contributed by atoms with Crippen molar-refractivity contribution in [3.63, 3.8) is 0 Å². The molecule has 0 spiro atoms. The normalized spacial score (nSPS) is 15.2. The van der Waals surface area contributed by atoms with Gasteiger partial charge >= 0.3 is 0 Å². The lowest BCUT2D eigenvalue weighted by atomic mass is 10.2. The molecule has 25 heavy (non-hydrogen) atoms. The topological polar surface area (TPSA) is 64.1 Å². The maximum absolute atomic E-state index is 6.23. The van der Waals surface area contributed by atoms with Crippen LogP contribution in [0.15, 0.2) is 23.2 Å². The molecule has 0 bridgehead atoms. The Balaban J connectivity index is 1.94. The summed E-state index contributed by atoms with van der Waals surface area (Å²) in [6.45, 7) is 2.21. The summed E-state index contributed by atoms with van der Waals surface area (Å²) in [5.41, 5.74) is 1.10. The summed E-state index contributed by atoms with van der Waals surface area (Å²) in [5, 5.41) is 6.63. The summed E-state index contributed by atoms with van der Waals surface area (Å²) < 4.78 is 16.6. The van der Waals surface area contributed by atoms with Gasteiger partial charge in [-0.2, -0.15) is 0 Å². The van der Waals surface area contributed by atoms with E-state index in [1.807, 2.05) is 18.2 Å². The van der Waals surface area contributed by atoms with E-state index in [0.29, 0.717) is 12.6 Å². The summed E-state index contributed by atoms with van der Waals surface area (Å²) in [6, 6.07) is 5.99. The molecule has 1 saturated carbocycles. The van der Waals surface area contributed by atoms with E-state index in [0.717, 1.165) is 55.4 Å². The molecule has 1 fully saturated rings. The van der Waals surface area contributed by atoms with Gasteiger partial charge in [-0.1, -0.05) is 0 Å². The van der Waals surface area contributed by atoms with Crippen molar-refractivity contribution in [2.24, 2.45) is 4.99 Å². The average Bonchev–Trinajstić information content (AvgIpc) is 3.15. The molecule has 6 nitrogen and oxygen atoms in total. The fourth-order valence-electron chi connectivity index (χ4n) is 2.93. The second kappa shape index (κ2) is 10.8. The highest BCUT2D eigenvalue weighted by atomic mass is 16.5. The van der Waals surface area contributed by atoms with Crippen molar-refractivity contribution >= 4 is 5.96 Å². The molecule has 0 saturated heterocycles. The third kappa shape index (κ3) is 6.46. The van der Waals surface area contributed by atoms with E-state index >= 15 is 0 Å². The maximum Gasteiger partial charge on any atom is 0.191 e. The predicted molar refractivity (Wildman–Crippen MR) is 101 cm³/mol. The largest absolute Gasteiger partial charge is 0.497 e. The standard InChI is InChI=1S/C19H31N3O3/c1-20-19(21-11-6-12-23-2)22-14-15-9-10-17(24-3)13-18(15)25-16-7-4-5-8-16/h9-10,13,16H,4-8,11-12,14H2,1-3H3,(H2,20,21,22). The van der Waals surface area contributed by atoms with E-state index in [2.05, 4.69) is 15.6 Å². The third-order valence-corrected chi connectivity index (χ3v) is 4.36. The minimum Gasteiger partial charge on any atom is -0.497 e. The van der Waals surface area contributed by atoms with Gasteiger partial charge in [0, 0.05) is 45.5 Å². The quantitative estimate of drug-likeness (QED) is 0.408. The van der Waals surface area contributed by atoms with Crippen molar-refractivity contribution in [1.82, 2.24) is 10.6 Å². The first-order valence-electron chi connectivity index (χ1n) is 9.04. The lowest BCUT2D eigenvalue weighted by molar-refractivity contribution is 0.195. The third-order valence-electron chi connectivity index (χ3n) is 4.36. The van der Waals surface area contributed by atoms with Gasteiger partial charge in [0.2, 0.25) is 0 Å². The number of methoxy groups -OCH3 is 2. The number of aliphatic imine (C=N–C) groups is 1. The van der Waals surface area contributed by atoms with E-state index in [9.17, 15) is 0 Å². The molecule has 0 aliphatic heterocycles. The second-order valence-electron chi connectivity index (χ2n) is 6.20. The molecule has 0 amide bonds. The molecular weight excluding hydrogens is 318 g/mol.